The van der Waals surface area contributed by atoms with Gasteiger partial charge in [-0.2, -0.15) is 0 Å². The van der Waals surface area contributed by atoms with E-state index in [0.29, 0.717) is 18.0 Å². The molecule has 5 heteroatoms. The van der Waals surface area contributed by atoms with Crippen molar-refractivity contribution in [1.29, 1.82) is 0 Å². The van der Waals surface area contributed by atoms with Crippen LogP contribution in [-0.4, -0.2) is 17.6 Å². The molecular formula is C14H14FNO2S. The van der Waals surface area contributed by atoms with Crippen LogP contribution in [0.5, 0.6) is 0 Å². The van der Waals surface area contributed by atoms with Crippen LogP contribution in [0.25, 0.3) is 0 Å². The molecule has 2 rings (SSSR count). The van der Waals surface area contributed by atoms with Crippen molar-refractivity contribution in [2.24, 2.45) is 0 Å². The van der Waals surface area contributed by atoms with Crippen molar-refractivity contribution in [1.82, 2.24) is 0 Å². The molecule has 0 aliphatic carbocycles. The third kappa shape index (κ3) is 3.12. The van der Waals surface area contributed by atoms with E-state index in [4.69, 9.17) is 5.11 Å². The van der Waals surface area contributed by atoms with E-state index < -0.39 is 5.97 Å². The van der Waals surface area contributed by atoms with Crippen LogP contribution in [0.1, 0.15) is 22.2 Å². The fourth-order valence-corrected chi connectivity index (χ4v) is 2.67. The monoisotopic (exact) mass is 279 g/mol. The molecular weight excluding hydrogens is 265 g/mol. The van der Waals surface area contributed by atoms with Crippen LogP contribution in [0.2, 0.25) is 0 Å². The largest absolute Gasteiger partial charge is 0.477 e. The van der Waals surface area contributed by atoms with Crippen molar-refractivity contribution in [3.05, 3.63) is 52.0 Å². The van der Waals surface area contributed by atoms with Crippen LogP contribution in [0.4, 0.5) is 10.1 Å². The lowest BCUT2D eigenvalue weighted by atomic mass is 10.2. The molecule has 0 fully saturated rings. The molecule has 1 aromatic heterocycles. The van der Waals surface area contributed by atoms with Crippen molar-refractivity contribution in [2.75, 3.05) is 11.4 Å². The highest BCUT2D eigenvalue weighted by Gasteiger charge is 2.14. The summed E-state index contributed by atoms with van der Waals surface area (Å²) in [5.74, 6) is -1.21. The molecule has 19 heavy (non-hydrogen) atoms. The third-order valence-corrected chi connectivity index (χ3v) is 3.80. The van der Waals surface area contributed by atoms with Crippen LogP contribution in [0, 0.1) is 5.82 Å². The predicted molar refractivity (Wildman–Crippen MR) is 74.4 cm³/mol. The average molecular weight is 279 g/mol. The van der Waals surface area contributed by atoms with Gasteiger partial charge in [0, 0.05) is 18.8 Å². The topological polar surface area (TPSA) is 40.5 Å². The Morgan fingerprint density at radius 2 is 2.21 bits per heavy atom. The van der Waals surface area contributed by atoms with Gasteiger partial charge in [0.05, 0.1) is 0 Å². The molecule has 1 heterocycles. The lowest BCUT2D eigenvalue weighted by Gasteiger charge is -2.23. The smallest absolute Gasteiger partial charge is 0.346 e. The minimum Gasteiger partial charge on any atom is -0.477 e. The average Bonchev–Trinajstić information content (AvgIpc) is 2.84. The van der Waals surface area contributed by atoms with Gasteiger partial charge in [-0.1, -0.05) is 6.07 Å². The SMILES string of the molecule is CCN(Cc1ccsc1C(=O)O)c1cccc(F)c1. The van der Waals surface area contributed by atoms with Crippen LogP contribution in [-0.2, 0) is 6.54 Å². The molecule has 0 saturated carbocycles. The maximum atomic E-state index is 13.2. The molecule has 1 aromatic carbocycles. The van der Waals surface area contributed by atoms with E-state index in [1.807, 2.05) is 17.9 Å². The van der Waals surface area contributed by atoms with Gasteiger partial charge in [-0.3, -0.25) is 0 Å². The number of halogens is 1. The number of rotatable bonds is 5. The van der Waals surface area contributed by atoms with Crippen LogP contribution in [0.3, 0.4) is 0 Å². The fourth-order valence-electron chi connectivity index (χ4n) is 1.91. The highest BCUT2D eigenvalue weighted by Crippen LogP contribution is 2.22. The Balaban J connectivity index is 2.24. The summed E-state index contributed by atoms with van der Waals surface area (Å²) in [7, 11) is 0. The quantitative estimate of drug-likeness (QED) is 0.909. The number of benzene rings is 1. The maximum Gasteiger partial charge on any atom is 0.346 e. The second kappa shape index (κ2) is 5.84. The van der Waals surface area contributed by atoms with Crippen molar-refractivity contribution >= 4 is 23.0 Å². The number of carboxylic acids is 1. The van der Waals surface area contributed by atoms with E-state index in [2.05, 4.69) is 0 Å². The normalized spacial score (nSPS) is 10.4. The number of carboxylic acid groups (broad SMARTS) is 1. The first kappa shape index (κ1) is 13.5. The van der Waals surface area contributed by atoms with E-state index in [0.717, 1.165) is 11.3 Å². The van der Waals surface area contributed by atoms with Crippen molar-refractivity contribution in [2.45, 2.75) is 13.5 Å². The molecule has 0 radical (unpaired) electrons. The molecule has 100 valence electrons. The first-order valence-corrected chi connectivity index (χ1v) is 6.80. The number of hydrogen-bond donors (Lipinski definition) is 1. The lowest BCUT2D eigenvalue weighted by Crippen LogP contribution is -2.22. The van der Waals surface area contributed by atoms with Gasteiger partial charge in [-0.25, -0.2) is 9.18 Å². The molecule has 0 unspecified atom stereocenters. The number of anilines is 1. The summed E-state index contributed by atoms with van der Waals surface area (Å²) in [6.07, 6.45) is 0. The van der Waals surface area contributed by atoms with Gasteiger partial charge < -0.3 is 10.0 Å². The van der Waals surface area contributed by atoms with E-state index in [1.54, 1.807) is 17.5 Å². The summed E-state index contributed by atoms with van der Waals surface area (Å²) in [6.45, 7) is 3.10. The maximum absolute atomic E-state index is 13.2. The summed E-state index contributed by atoms with van der Waals surface area (Å²) in [5, 5.41) is 10.8. The third-order valence-electron chi connectivity index (χ3n) is 2.86. The van der Waals surface area contributed by atoms with Crippen LogP contribution in [0.15, 0.2) is 35.7 Å². The Morgan fingerprint density at radius 3 is 2.84 bits per heavy atom. The number of nitrogens with zero attached hydrogens (tertiary/aromatic N) is 1. The molecule has 0 amide bonds. The minimum atomic E-state index is -0.916. The molecule has 3 nitrogen and oxygen atoms in total. The molecule has 0 spiro atoms. The molecule has 1 N–H and O–H groups in total. The van der Waals surface area contributed by atoms with Gasteiger partial charge in [0.1, 0.15) is 10.7 Å². The summed E-state index contributed by atoms with van der Waals surface area (Å²) < 4.78 is 13.2. The summed E-state index contributed by atoms with van der Waals surface area (Å²) in [6, 6.07) is 8.12. The second-order valence-electron chi connectivity index (χ2n) is 4.07. The second-order valence-corrected chi connectivity index (χ2v) is 4.99. The number of aromatic carboxylic acids is 1. The Labute approximate surface area is 114 Å². The van der Waals surface area contributed by atoms with Crippen molar-refractivity contribution in [3.63, 3.8) is 0 Å². The standard InChI is InChI=1S/C14H14FNO2S/c1-2-16(12-5-3-4-11(15)8-12)9-10-6-7-19-13(10)14(17)18/h3-8H,2,9H2,1H3,(H,17,18). The first-order chi connectivity index (χ1) is 9.11. The highest BCUT2D eigenvalue weighted by atomic mass is 32.1. The number of hydrogen-bond acceptors (Lipinski definition) is 3. The number of carbonyl (C=O) groups is 1. The van der Waals surface area contributed by atoms with Gasteiger partial charge in [-0.15, -0.1) is 11.3 Å². The lowest BCUT2D eigenvalue weighted by molar-refractivity contribution is 0.0701. The fraction of sp³-hybridized carbons (Fsp3) is 0.214. The van der Waals surface area contributed by atoms with E-state index in [1.165, 1.54) is 23.5 Å². The molecule has 0 saturated heterocycles. The van der Waals surface area contributed by atoms with E-state index >= 15 is 0 Å². The Morgan fingerprint density at radius 1 is 1.42 bits per heavy atom. The molecule has 2 aromatic rings. The molecule has 0 aliphatic heterocycles. The predicted octanol–water partition coefficient (Wildman–Crippen LogP) is 3.61. The molecule has 0 bridgehead atoms. The van der Waals surface area contributed by atoms with Gasteiger partial charge in [-0.05, 0) is 42.1 Å². The zero-order valence-corrected chi connectivity index (χ0v) is 11.3. The Bertz CT molecular complexity index is 582. The highest BCUT2D eigenvalue weighted by molar-refractivity contribution is 7.12. The van der Waals surface area contributed by atoms with Crippen molar-refractivity contribution < 1.29 is 14.3 Å². The van der Waals surface area contributed by atoms with Crippen LogP contribution < -0.4 is 4.90 Å². The van der Waals surface area contributed by atoms with Crippen molar-refractivity contribution in [3.8, 4) is 0 Å². The zero-order chi connectivity index (χ0) is 13.8. The van der Waals surface area contributed by atoms with Crippen LogP contribution >= 0.6 is 11.3 Å². The zero-order valence-electron chi connectivity index (χ0n) is 10.5. The van der Waals surface area contributed by atoms with Gasteiger partial charge in [0.15, 0.2) is 0 Å². The Hall–Kier alpha value is -1.88. The minimum absolute atomic E-state index is 0.292. The van der Waals surface area contributed by atoms with Gasteiger partial charge >= 0.3 is 5.97 Å². The molecule has 0 atom stereocenters. The first-order valence-electron chi connectivity index (χ1n) is 5.92. The summed E-state index contributed by atoms with van der Waals surface area (Å²) in [5.41, 5.74) is 1.51. The van der Waals surface area contributed by atoms with E-state index in [9.17, 15) is 9.18 Å². The molecule has 0 aliphatic rings. The summed E-state index contributed by atoms with van der Waals surface area (Å²) in [4.78, 5) is 13.4. The summed E-state index contributed by atoms with van der Waals surface area (Å²) >= 11 is 1.21. The number of thiophene rings is 1. The van der Waals surface area contributed by atoms with E-state index in [-0.39, 0.29) is 5.82 Å². The van der Waals surface area contributed by atoms with Gasteiger partial charge in [0.25, 0.3) is 0 Å². The Kier molecular flexibility index (Phi) is 4.16. The van der Waals surface area contributed by atoms with Gasteiger partial charge in [0.2, 0.25) is 0 Å².